The van der Waals surface area contributed by atoms with Crippen LogP contribution in [-0.2, 0) is 0 Å². The lowest BCUT2D eigenvalue weighted by Gasteiger charge is -2.27. The Hall–Kier alpha value is -5.35. The van der Waals surface area contributed by atoms with Crippen LogP contribution in [0.5, 0.6) is 5.75 Å². The molecule has 1 amide bonds. The average Bonchev–Trinajstić information content (AvgIpc) is 3.36. The number of hydrogen-bond acceptors (Lipinski definition) is 7. The monoisotopic (exact) mass is 565 g/mol. The number of halogens is 1. The second kappa shape index (κ2) is 10.6. The fraction of sp³-hybridized carbons (Fsp3) is 0.250. The molecule has 0 aliphatic heterocycles. The highest BCUT2D eigenvalue weighted by Crippen LogP contribution is 2.40. The standard InChI is InChI=1S/C32H28FN5O4/c1-6-38(16-35)25-14-27-22(28-29(42-27)20-9-8-19(33)12-24(20)36-31(28)40)13-21(25)18-7-10-26(41-5)23(11-18)30(39)37-32(4,15-34)17(2)3/h7-14,17H,6H2,1-5H3,(H,36,40)(H,37,39). The van der Waals surface area contributed by atoms with E-state index in [1.807, 2.05) is 20.8 Å². The molecule has 0 bridgehead atoms. The van der Waals surface area contributed by atoms with E-state index in [1.165, 1.54) is 24.1 Å². The highest BCUT2D eigenvalue weighted by Gasteiger charge is 2.31. The van der Waals surface area contributed by atoms with Crippen LogP contribution in [0.4, 0.5) is 10.1 Å². The van der Waals surface area contributed by atoms with Crippen molar-refractivity contribution in [2.75, 3.05) is 18.6 Å². The zero-order chi connectivity index (χ0) is 30.3. The van der Waals surface area contributed by atoms with Crippen molar-refractivity contribution >= 4 is 44.4 Å². The van der Waals surface area contributed by atoms with Gasteiger partial charge in [-0.05, 0) is 61.7 Å². The number of nitrogens with zero attached hydrogens (tertiary/aromatic N) is 3. The maximum Gasteiger partial charge on any atom is 0.260 e. The lowest BCUT2D eigenvalue weighted by Crippen LogP contribution is -2.48. The molecule has 10 heteroatoms. The number of carbonyl (C=O) groups excluding carboxylic acids is 1. The Bertz CT molecular complexity index is 2030. The Morgan fingerprint density at radius 3 is 2.57 bits per heavy atom. The number of amides is 1. The number of furan rings is 1. The molecule has 0 radical (unpaired) electrons. The number of aromatic amines is 1. The summed E-state index contributed by atoms with van der Waals surface area (Å²) in [5.74, 6) is -0.845. The normalized spacial score (nSPS) is 12.7. The highest BCUT2D eigenvalue weighted by atomic mass is 19.1. The van der Waals surface area contributed by atoms with E-state index in [-0.39, 0.29) is 16.9 Å². The van der Waals surface area contributed by atoms with Gasteiger partial charge in [-0.15, -0.1) is 0 Å². The van der Waals surface area contributed by atoms with Crippen LogP contribution in [0.2, 0.25) is 0 Å². The third-order valence-corrected chi connectivity index (χ3v) is 7.75. The molecular weight excluding hydrogens is 537 g/mol. The van der Waals surface area contributed by atoms with Crippen molar-refractivity contribution in [3.05, 3.63) is 70.3 Å². The fourth-order valence-electron chi connectivity index (χ4n) is 4.96. The van der Waals surface area contributed by atoms with E-state index in [9.17, 15) is 24.5 Å². The number of pyridine rings is 1. The van der Waals surface area contributed by atoms with Gasteiger partial charge in [0.25, 0.3) is 11.5 Å². The predicted octanol–water partition coefficient (Wildman–Crippen LogP) is 6.22. The zero-order valence-electron chi connectivity index (χ0n) is 23.8. The van der Waals surface area contributed by atoms with Crippen LogP contribution < -0.4 is 20.5 Å². The highest BCUT2D eigenvalue weighted by molar-refractivity contribution is 6.15. The summed E-state index contributed by atoms with van der Waals surface area (Å²) in [6.07, 6.45) is 2.18. The number of methoxy groups -OCH3 is 1. The summed E-state index contributed by atoms with van der Waals surface area (Å²) in [5.41, 5.74) is 1.23. The van der Waals surface area contributed by atoms with Gasteiger partial charge in [0.05, 0.1) is 35.3 Å². The molecule has 2 N–H and O–H groups in total. The molecule has 0 aliphatic carbocycles. The van der Waals surface area contributed by atoms with Crippen molar-refractivity contribution in [3.8, 4) is 29.1 Å². The number of nitrogens with one attached hydrogen (secondary N) is 2. The number of anilines is 1. The SMILES string of the molecule is CCN(C#N)c1cc2oc3c4ccc(F)cc4[nH]c(=O)c3c2cc1-c1ccc(OC)c(C(=O)NC(C)(C#N)C(C)C)c1. The van der Waals surface area contributed by atoms with Gasteiger partial charge in [0, 0.05) is 28.9 Å². The molecule has 0 aliphatic rings. The summed E-state index contributed by atoms with van der Waals surface area (Å²) in [6, 6.07) is 14.7. The van der Waals surface area contributed by atoms with E-state index in [1.54, 1.807) is 43.3 Å². The Morgan fingerprint density at radius 2 is 1.93 bits per heavy atom. The topological polar surface area (TPSA) is 135 Å². The van der Waals surface area contributed by atoms with Crippen LogP contribution in [0.1, 0.15) is 38.1 Å². The first-order chi connectivity index (χ1) is 20.0. The largest absolute Gasteiger partial charge is 0.496 e. The number of H-pyrrole nitrogens is 1. The number of benzene rings is 3. The van der Waals surface area contributed by atoms with Gasteiger partial charge in [-0.1, -0.05) is 19.9 Å². The Morgan fingerprint density at radius 1 is 1.17 bits per heavy atom. The van der Waals surface area contributed by atoms with Gasteiger partial charge in [-0.2, -0.15) is 10.5 Å². The smallest absolute Gasteiger partial charge is 0.260 e. The first-order valence-electron chi connectivity index (χ1n) is 13.4. The minimum atomic E-state index is -1.12. The Labute approximate surface area is 240 Å². The lowest BCUT2D eigenvalue weighted by molar-refractivity contribution is 0.0905. The van der Waals surface area contributed by atoms with Crippen LogP contribution in [0.15, 0.2) is 57.7 Å². The quantitative estimate of drug-likeness (QED) is 0.177. The molecule has 0 saturated heterocycles. The maximum absolute atomic E-state index is 13.9. The summed E-state index contributed by atoms with van der Waals surface area (Å²) >= 11 is 0. The molecule has 2 aromatic heterocycles. The van der Waals surface area contributed by atoms with Gasteiger partial charge in [0.2, 0.25) is 0 Å². The van der Waals surface area contributed by atoms with Crippen molar-refractivity contribution < 1.29 is 18.3 Å². The number of fused-ring (bicyclic) bond motifs is 5. The van der Waals surface area contributed by atoms with E-state index >= 15 is 0 Å². The van der Waals surface area contributed by atoms with Crippen LogP contribution in [-0.4, -0.2) is 30.1 Å². The molecule has 212 valence electrons. The van der Waals surface area contributed by atoms with Crippen LogP contribution in [0, 0.1) is 34.5 Å². The molecule has 3 aromatic carbocycles. The minimum absolute atomic E-state index is 0.164. The Balaban J connectivity index is 1.78. The fourth-order valence-corrected chi connectivity index (χ4v) is 4.96. The van der Waals surface area contributed by atoms with Gasteiger partial charge < -0.3 is 19.5 Å². The van der Waals surface area contributed by atoms with E-state index in [0.29, 0.717) is 56.6 Å². The molecule has 1 atom stereocenters. The van der Waals surface area contributed by atoms with Crippen molar-refractivity contribution in [1.82, 2.24) is 10.3 Å². The minimum Gasteiger partial charge on any atom is -0.496 e. The molecule has 42 heavy (non-hydrogen) atoms. The lowest BCUT2D eigenvalue weighted by atomic mass is 9.89. The number of nitriles is 2. The van der Waals surface area contributed by atoms with Crippen molar-refractivity contribution in [3.63, 3.8) is 0 Å². The van der Waals surface area contributed by atoms with E-state index < -0.39 is 22.8 Å². The predicted molar refractivity (Wildman–Crippen MR) is 159 cm³/mol. The molecule has 9 nitrogen and oxygen atoms in total. The first-order valence-corrected chi connectivity index (χ1v) is 13.4. The molecule has 0 fully saturated rings. The number of ether oxygens (including phenoxy) is 1. The molecule has 5 rings (SSSR count). The van der Waals surface area contributed by atoms with Gasteiger partial charge in [-0.25, -0.2) is 4.39 Å². The van der Waals surface area contributed by atoms with Crippen LogP contribution in [0.25, 0.3) is 44.0 Å². The number of rotatable bonds is 7. The summed E-state index contributed by atoms with van der Waals surface area (Å²) in [4.78, 5) is 30.9. The van der Waals surface area contributed by atoms with Crippen molar-refractivity contribution in [1.29, 1.82) is 10.5 Å². The molecule has 0 spiro atoms. The third-order valence-electron chi connectivity index (χ3n) is 7.75. The molecular formula is C32H28FN5O4. The van der Waals surface area contributed by atoms with Gasteiger partial charge in [0.1, 0.15) is 28.3 Å². The van der Waals surface area contributed by atoms with Crippen molar-refractivity contribution in [2.45, 2.75) is 33.2 Å². The second-order valence-corrected chi connectivity index (χ2v) is 10.5. The third kappa shape index (κ3) is 4.57. The summed E-state index contributed by atoms with van der Waals surface area (Å²) in [6.45, 7) is 7.51. The molecule has 5 aromatic rings. The maximum atomic E-state index is 13.9. The van der Waals surface area contributed by atoms with Crippen molar-refractivity contribution in [2.24, 2.45) is 5.92 Å². The first kappa shape index (κ1) is 28.2. The van der Waals surface area contributed by atoms with Crippen LogP contribution >= 0.6 is 0 Å². The second-order valence-electron chi connectivity index (χ2n) is 10.5. The van der Waals surface area contributed by atoms with Crippen LogP contribution in [0.3, 0.4) is 0 Å². The zero-order valence-corrected chi connectivity index (χ0v) is 23.8. The summed E-state index contributed by atoms with van der Waals surface area (Å²) < 4.78 is 25.5. The van der Waals surface area contributed by atoms with Gasteiger partial charge in [0.15, 0.2) is 6.19 Å². The number of carbonyl (C=O) groups is 1. The average molecular weight is 566 g/mol. The summed E-state index contributed by atoms with van der Waals surface area (Å²) in [7, 11) is 1.45. The van der Waals surface area contributed by atoms with E-state index in [2.05, 4.69) is 22.6 Å². The van der Waals surface area contributed by atoms with Gasteiger partial charge >= 0.3 is 0 Å². The van der Waals surface area contributed by atoms with E-state index in [4.69, 9.17) is 9.15 Å². The molecule has 1 unspecified atom stereocenters. The summed E-state index contributed by atoms with van der Waals surface area (Å²) in [5, 5.41) is 23.8. The number of hydrogen-bond donors (Lipinski definition) is 2. The Kier molecular flexibility index (Phi) is 7.09. The van der Waals surface area contributed by atoms with E-state index in [0.717, 1.165) is 0 Å². The molecule has 0 saturated carbocycles. The molecule has 2 heterocycles. The van der Waals surface area contributed by atoms with Gasteiger partial charge in [-0.3, -0.25) is 14.5 Å². The number of aromatic nitrogens is 1.